The third kappa shape index (κ3) is 3.08. The van der Waals surface area contributed by atoms with E-state index in [4.69, 9.17) is 18.9 Å². The van der Waals surface area contributed by atoms with E-state index in [0.717, 1.165) is 0 Å². The molecular formula is C22H26O8. The molecular weight excluding hydrogens is 392 g/mol. The molecule has 3 N–H and O–H groups in total. The van der Waals surface area contributed by atoms with Crippen LogP contribution in [0.25, 0.3) is 11.1 Å². The van der Waals surface area contributed by atoms with Crippen molar-refractivity contribution in [1.82, 2.24) is 0 Å². The number of hydrogen-bond donors (Lipinski definition) is 3. The minimum atomic E-state index is -1.49. The summed E-state index contributed by atoms with van der Waals surface area (Å²) in [5.41, 5.74) is 0.175. The summed E-state index contributed by atoms with van der Waals surface area (Å²) in [4.78, 5) is 12.7. The van der Waals surface area contributed by atoms with Gasteiger partial charge in [-0.15, -0.1) is 0 Å². The summed E-state index contributed by atoms with van der Waals surface area (Å²) in [6.45, 7) is 2.95. The maximum Gasteiger partial charge on any atom is 0.201 e. The van der Waals surface area contributed by atoms with E-state index in [1.165, 1.54) is 41.4 Å². The van der Waals surface area contributed by atoms with Crippen LogP contribution in [0.5, 0.6) is 34.5 Å². The van der Waals surface area contributed by atoms with E-state index < -0.39 is 11.5 Å². The van der Waals surface area contributed by atoms with Crippen molar-refractivity contribution in [3.63, 3.8) is 0 Å². The van der Waals surface area contributed by atoms with Crippen molar-refractivity contribution in [2.24, 2.45) is 0 Å². The fourth-order valence-corrected chi connectivity index (χ4v) is 4.41. The van der Waals surface area contributed by atoms with Crippen LogP contribution in [0.1, 0.15) is 30.9 Å². The summed E-state index contributed by atoms with van der Waals surface area (Å²) in [5, 5.41) is 32.8. The molecule has 0 aromatic heterocycles. The van der Waals surface area contributed by atoms with Crippen molar-refractivity contribution in [3.05, 3.63) is 23.3 Å². The first-order valence-electron chi connectivity index (χ1n) is 9.30. The van der Waals surface area contributed by atoms with E-state index in [0.29, 0.717) is 22.3 Å². The molecule has 162 valence electrons. The highest BCUT2D eigenvalue weighted by atomic mass is 16.5. The van der Waals surface area contributed by atoms with Gasteiger partial charge in [-0.05, 0) is 37.1 Å². The van der Waals surface area contributed by atoms with Crippen LogP contribution in [0.4, 0.5) is 0 Å². The molecule has 2 aromatic carbocycles. The van der Waals surface area contributed by atoms with Gasteiger partial charge in [0.1, 0.15) is 5.78 Å². The first-order chi connectivity index (χ1) is 14.1. The third-order valence-corrected chi connectivity index (χ3v) is 5.54. The molecule has 1 aliphatic carbocycles. The zero-order valence-electron chi connectivity index (χ0n) is 17.8. The standard InChI is InChI=1S/C22H26O8/c1-10(23)17-12-8-14(28-4)19(25)21(30-6)16(12)15-11(9-22(17,2)26)7-13(27-3)18(24)20(15)29-5/h7-8,17,24-26H,9H2,1-6H3/t17-,22+/m0/s1. The molecule has 0 saturated heterocycles. The highest BCUT2D eigenvalue weighted by Crippen LogP contribution is 2.58. The first kappa shape index (κ1) is 21.6. The van der Waals surface area contributed by atoms with Crippen molar-refractivity contribution in [1.29, 1.82) is 0 Å². The maximum absolute atomic E-state index is 12.7. The number of carbonyl (C=O) groups is 1. The van der Waals surface area contributed by atoms with Gasteiger partial charge in [0.2, 0.25) is 11.5 Å². The largest absolute Gasteiger partial charge is 0.502 e. The number of rotatable bonds is 5. The monoisotopic (exact) mass is 418 g/mol. The van der Waals surface area contributed by atoms with Gasteiger partial charge in [0.15, 0.2) is 23.0 Å². The number of aliphatic hydroxyl groups is 1. The number of carbonyl (C=O) groups excluding carboxylic acids is 1. The molecule has 3 rings (SSSR count). The molecule has 0 unspecified atom stereocenters. The maximum atomic E-state index is 12.7. The molecule has 8 heteroatoms. The predicted octanol–water partition coefficient (Wildman–Crippen LogP) is 2.78. The van der Waals surface area contributed by atoms with Crippen LogP contribution in [-0.4, -0.2) is 55.1 Å². The number of Topliss-reactive ketones (excluding diaryl/α,β-unsaturated/α-hetero) is 1. The fraction of sp³-hybridized carbons (Fsp3) is 0.409. The lowest BCUT2D eigenvalue weighted by molar-refractivity contribution is -0.124. The first-order valence-corrected chi connectivity index (χ1v) is 9.30. The molecule has 30 heavy (non-hydrogen) atoms. The number of fused-ring (bicyclic) bond motifs is 3. The van der Waals surface area contributed by atoms with Crippen molar-refractivity contribution in [2.45, 2.75) is 31.8 Å². The SMILES string of the molecule is COc1cc2c(c(OC)c1O)-c1c(cc(OC)c(O)c1OC)[C@H](C(C)=O)[C@](C)(O)C2. The van der Waals surface area contributed by atoms with Gasteiger partial charge in [-0.25, -0.2) is 0 Å². The molecule has 0 saturated carbocycles. The lowest BCUT2D eigenvalue weighted by atomic mass is 9.78. The van der Waals surface area contributed by atoms with Crippen molar-refractivity contribution < 1.29 is 39.1 Å². The Hall–Kier alpha value is -3.13. The highest BCUT2D eigenvalue weighted by Gasteiger charge is 2.44. The average Bonchev–Trinajstić information content (AvgIpc) is 2.78. The number of methoxy groups -OCH3 is 4. The Morgan fingerprint density at radius 1 is 0.933 bits per heavy atom. The van der Waals surface area contributed by atoms with Crippen molar-refractivity contribution in [3.8, 4) is 45.6 Å². The van der Waals surface area contributed by atoms with Gasteiger partial charge >= 0.3 is 0 Å². The number of hydrogen-bond acceptors (Lipinski definition) is 8. The van der Waals surface area contributed by atoms with E-state index in [1.54, 1.807) is 13.0 Å². The Morgan fingerprint density at radius 2 is 1.43 bits per heavy atom. The smallest absolute Gasteiger partial charge is 0.201 e. The summed E-state index contributed by atoms with van der Waals surface area (Å²) in [6.07, 6.45) is 0.0560. The lowest BCUT2D eigenvalue weighted by Crippen LogP contribution is -2.38. The topological polar surface area (TPSA) is 115 Å². The summed E-state index contributed by atoms with van der Waals surface area (Å²) < 4.78 is 21.5. The van der Waals surface area contributed by atoms with Crippen molar-refractivity contribution in [2.75, 3.05) is 28.4 Å². The summed E-state index contributed by atoms with van der Waals surface area (Å²) >= 11 is 0. The second kappa shape index (κ2) is 7.60. The van der Waals surface area contributed by atoms with Gasteiger partial charge in [0, 0.05) is 17.5 Å². The minimum Gasteiger partial charge on any atom is -0.502 e. The quantitative estimate of drug-likeness (QED) is 0.679. The number of benzene rings is 2. The number of ether oxygens (including phenoxy) is 4. The van der Waals surface area contributed by atoms with E-state index in [9.17, 15) is 20.1 Å². The molecule has 0 fully saturated rings. The van der Waals surface area contributed by atoms with Gasteiger partial charge in [0.05, 0.1) is 40.0 Å². The Morgan fingerprint density at radius 3 is 1.90 bits per heavy atom. The Balaban J connectivity index is 2.60. The summed E-state index contributed by atoms with van der Waals surface area (Å²) in [7, 11) is 5.54. The second-order valence-corrected chi connectivity index (χ2v) is 7.50. The molecule has 0 radical (unpaired) electrons. The number of phenols is 2. The average molecular weight is 418 g/mol. The Kier molecular flexibility index (Phi) is 5.47. The lowest BCUT2D eigenvalue weighted by Gasteiger charge is -2.31. The Labute approximate surface area is 174 Å². The zero-order valence-corrected chi connectivity index (χ0v) is 17.8. The molecule has 1 aliphatic rings. The van der Waals surface area contributed by atoms with E-state index in [-0.39, 0.29) is 46.7 Å². The van der Waals surface area contributed by atoms with E-state index >= 15 is 0 Å². The van der Waals surface area contributed by atoms with Gasteiger partial charge in [-0.3, -0.25) is 4.79 Å². The highest BCUT2D eigenvalue weighted by molar-refractivity contribution is 5.95. The number of ketones is 1. The zero-order chi connectivity index (χ0) is 22.4. The molecule has 0 heterocycles. The molecule has 0 aliphatic heterocycles. The van der Waals surface area contributed by atoms with Crippen LogP contribution in [0.3, 0.4) is 0 Å². The van der Waals surface area contributed by atoms with E-state index in [1.807, 2.05) is 0 Å². The predicted molar refractivity (Wildman–Crippen MR) is 109 cm³/mol. The van der Waals surface area contributed by atoms with Gasteiger partial charge < -0.3 is 34.3 Å². The van der Waals surface area contributed by atoms with Crippen LogP contribution < -0.4 is 18.9 Å². The van der Waals surface area contributed by atoms with Gasteiger partial charge in [-0.1, -0.05) is 0 Å². The summed E-state index contributed by atoms with van der Waals surface area (Å²) in [6, 6.07) is 3.08. The number of phenolic OH excluding ortho intramolecular Hbond substituents is 2. The molecule has 8 nitrogen and oxygen atoms in total. The molecule has 2 aromatic rings. The molecule has 0 amide bonds. The molecule has 0 bridgehead atoms. The van der Waals surface area contributed by atoms with Crippen LogP contribution in [-0.2, 0) is 11.2 Å². The third-order valence-electron chi connectivity index (χ3n) is 5.54. The fourth-order valence-electron chi connectivity index (χ4n) is 4.41. The second-order valence-electron chi connectivity index (χ2n) is 7.50. The van der Waals surface area contributed by atoms with Crippen LogP contribution in [0.15, 0.2) is 12.1 Å². The van der Waals surface area contributed by atoms with Crippen molar-refractivity contribution >= 4 is 5.78 Å². The van der Waals surface area contributed by atoms with E-state index in [2.05, 4.69) is 0 Å². The Bertz CT molecular complexity index is 1010. The normalized spacial score (nSPS) is 19.9. The molecule has 2 atom stereocenters. The van der Waals surface area contributed by atoms with Crippen LogP contribution >= 0.6 is 0 Å². The molecule has 0 spiro atoms. The summed E-state index contributed by atoms with van der Waals surface area (Å²) in [5.74, 6) is -1.39. The van der Waals surface area contributed by atoms with Gasteiger partial charge in [-0.2, -0.15) is 0 Å². The number of aromatic hydroxyl groups is 2. The van der Waals surface area contributed by atoms with Crippen LogP contribution in [0.2, 0.25) is 0 Å². The van der Waals surface area contributed by atoms with Gasteiger partial charge in [0.25, 0.3) is 0 Å². The minimum absolute atomic E-state index is 0.0393. The van der Waals surface area contributed by atoms with Crippen LogP contribution in [0, 0.1) is 0 Å².